The summed E-state index contributed by atoms with van der Waals surface area (Å²) in [4.78, 5) is 25.1. The van der Waals surface area contributed by atoms with E-state index < -0.39 is 14.2 Å². The van der Waals surface area contributed by atoms with Crippen molar-refractivity contribution in [1.82, 2.24) is 10.6 Å². The number of carbonyl (C=O) groups is 2. The van der Waals surface area contributed by atoms with Crippen molar-refractivity contribution in [1.29, 1.82) is 0 Å². The third-order valence-electron chi connectivity index (χ3n) is 7.21. The molecular weight excluding hydrogens is 730 g/mol. The summed E-state index contributed by atoms with van der Waals surface area (Å²) in [7, 11) is -3.22. The molecule has 0 aliphatic rings. The molecule has 0 atom stereocenters. The van der Waals surface area contributed by atoms with Crippen molar-refractivity contribution in [3.63, 3.8) is 0 Å². The lowest BCUT2D eigenvalue weighted by Crippen LogP contribution is -3.00. The Morgan fingerprint density at radius 1 is 0.723 bits per heavy atom. The topological polar surface area (TPSA) is 147 Å². The van der Waals surface area contributed by atoms with Gasteiger partial charge >= 0.3 is 14.2 Å². The molecule has 10 nitrogen and oxygen atoms in total. The van der Waals surface area contributed by atoms with Crippen LogP contribution in [-0.4, -0.2) is 59.2 Å². The van der Waals surface area contributed by atoms with Crippen LogP contribution in [-0.2, 0) is 17.9 Å². The molecule has 0 bridgehead atoms. The van der Waals surface area contributed by atoms with Crippen LogP contribution in [0.1, 0.15) is 49.2 Å². The van der Waals surface area contributed by atoms with E-state index in [1.165, 1.54) is 0 Å². The molecule has 6 N–H and O–H groups in total. The van der Waals surface area contributed by atoms with Gasteiger partial charge in [-0.3, -0.25) is 9.59 Å². The minimum atomic E-state index is -1.64. The van der Waals surface area contributed by atoms with Gasteiger partial charge in [-0.1, -0.05) is 69.8 Å². The molecule has 4 aromatic rings. The molecule has 2 aromatic carbocycles. The van der Waals surface area contributed by atoms with E-state index in [0.29, 0.717) is 48.1 Å². The number of carbonyl (C=O) groups excluding carboxylic acids is 2. The average Bonchev–Trinajstić information content (AvgIpc) is 3.01. The molecule has 0 fully saturated rings. The maximum absolute atomic E-state index is 13.3. The molecule has 14 heteroatoms. The highest BCUT2D eigenvalue weighted by Gasteiger charge is 2.22. The van der Waals surface area contributed by atoms with Crippen LogP contribution in [0.25, 0.3) is 11.1 Å². The van der Waals surface area contributed by atoms with E-state index >= 15 is 0 Å². The van der Waals surface area contributed by atoms with Crippen molar-refractivity contribution in [2.45, 2.75) is 40.8 Å². The fourth-order valence-electron chi connectivity index (χ4n) is 4.86. The van der Waals surface area contributed by atoms with Crippen molar-refractivity contribution in [2.75, 3.05) is 13.1 Å². The zero-order valence-corrected chi connectivity index (χ0v) is 28.9. The molecule has 0 radical (unpaired) electrons. The Hall–Kier alpha value is -3.39. The molecule has 4 rings (SSSR count). The summed E-state index contributed by atoms with van der Waals surface area (Å²) in [5.74, 6) is -0.414. The van der Waals surface area contributed by atoms with E-state index in [1.54, 1.807) is 36.5 Å². The van der Waals surface area contributed by atoms with Crippen molar-refractivity contribution in [2.24, 2.45) is 5.92 Å². The number of hydrogen-bond donors (Lipinski definition) is 6. The van der Waals surface area contributed by atoms with Crippen LogP contribution in [0.3, 0.4) is 0 Å². The number of aromatic nitrogens is 2. The quantitative estimate of drug-likeness (QED) is 0.0454. The average molecular weight is 772 g/mol. The van der Waals surface area contributed by atoms with Gasteiger partial charge in [0.15, 0.2) is 37.9 Å². The largest absolute Gasteiger partial charge is 1.00 e. The van der Waals surface area contributed by atoms with E-state index in [-0.39, 0.29) is 65.7 Å². The summed E-state index contributed by atoms with van der Waals surface area (Å²) < 4.78 is 3.76. The summed E-state index contributed by atoms with van der Waals surface area (Å²) in [6.45, 7) is 5.17. The van der Waals surface area contributed by atoms with Gasteiger partial charge in [0.2, 0.25) is 5.91 Å². The van der Waals surface area contributed by atoms with Gasteiger partial charge in [-0.25, -0.2) is 4.57 Å². The summed E-state index contributed by atoms with van der Waals surface area (Å²) in [5.41, 5.74) is 4.26. The fraction of sp³-hybridized carbons (Fsp3) is 0.273. The molecule has 0 aliphatic heterocycles. The van der Waals surface area contributed by atoms with Gasteiger partial charge < -0.3 is 64.7 Å². The number of benzene rings is 2. The van der Waals surface area contributed by atoms with Crippen molar-refractivity contribution in [3.05, 3.63) is 108 Å². The van der Waals surface area contributed by atoms with E-state index in [0.717, 1.165) is 16.7 Å². The highest BCUT2D eigenvalue weighted by Crippen LogP contribution is 2.18. The van der Waals surface area contributed by atoms with Crippen LogP contribution >= 0.6 is 0 Å². The van der Waals surface area contributed by atoms with Gasteiger partial charge in [-0.2, -0.15) is 4.57 Å². The number of hydrogen-bond acceptors (Lipinski definition) is 6. The molecule has 2 aromatic heterocycles. The summed E-state index contributed by atoms with van der Waals surface area (Å²) in [6, 6.07) is 19.7. The first kappa shape index (κ1) is 41.6. The van der Waals surface area contributed by atoms with Crippen molar-refractivity contribution >= 4 is 37.0 Å². The first-order valence-electron chi connectivity index (χ1n) is 14.6. The van der Waals surface area contributed by atoms with Gasteiger partial charge in [-0.05, 0) is 29.5 Å². The highest BCUT2D eigenvalue weighted by atomic mass is 79.9. The Kier molecular flexibility index (Phi) is 17.8. The van der Waals surface area contributed by atoms with Crippen LogP contribution in [0, 0.1) is 5.92 Å². The number of rotatable bonds is 13. The minimum absolute atomic E-state index is 0. The molecular formula is C33H42B2Br2N4O6. The van der Waals surface area contributed by atoms with Crippen LogP contribution in [0.2, 0.25) is 0 Å². The van der Waals surface area contributed by atoms with Crippen molar-refractivity contribution in [3.8, 4) is 11.1 Å². The van der Waals surface area contributed by atoms with Crippen molar-refractivity contribution < 1.29 is 72.8 Å². The van der Waals surface area contributed by atoms with E-state index in [2.05, 4.69) is 10.6 Å². The molecule has 2 amide bonds. The van der Waals surface area contributed by atoms with Crippen LogP contribution < -0.4 is 64.7 Å². The predicted octanol–water partition coefficient (Wildman–Crippen LogP) is -6.08. The fourth-order valence-corrected chi connectivity index (χ4v) is 4.86. The second-order valence-electron chi connectivity index (χ2n) is 11.0. The summed E-state index contributed by atoms with van der Waals surface area (Å²) in [5, 5.41) is 45.1. The zero-order chi connectivity index (χ0) is 31.6. The first-order chi connectivity index (χ1) is 21.1. The van der Waals surface area contributed by atoms with Gasteiger partial charge in [-0.15, -0.1) is 0 Å². The molecule has 250 valence electrons. The van der Waals surface area contributed by atoms with Gasteiger partial charge in [0.25, 0.3) is 5.91 Å². The lowest BCUT2D eigenvalue weighted by atomic mass is 9.77. The maximum atomic E-state index is 13.3. The number of amides is 2. The Morgan fingerprint density at radius 3 is 1.83 bits per heavy atom. The smallest absolute Gasteiger partial charge is 0.488 e. The Morgan fingerprint density at radius 2 is 1.26 bits per heavy atom. The Balaban J connectivity index is 0.00000368. The number of halogens is 2. The van der Waals surface area contributed by atoms with Crippen LogP contribution in [0.5, 0.6) is 0 Å². The number of pyridine rings is 2. The second kappa shape index (κ2) is 20.1. The van der Waals surface area contributed by atoms with E-state index in [4.69, 9.17) is 0 Å². The Bertz CT molecular complexity index is 1610. The SMILES string of the molecule is C.CC(C)C(=O)NCCCNC(=O)c1cc(-c2ccc[n+](Cc3ccccc3B(O)O)c2)c[n+](Cc2ccccc2B(O)O)c1.[Br-].[Br-]. The number of nitrogens with zero attached hydrogens (tertiary/aromatic N) is 2. The lowest BCUT2D eigenvalue weighted by Gasteiger charge is -2.10. The van der Waals surface area contributed by atoms with Gasteiger partial charge in [0.1, 0.15) is 5.56 Å². The predicted molar refractivity (Wildman–Crippen MR) is 175 cm³/mol. The normalized spacial score (nSPS) is 10.2. The van der Waals surface area contributed by atoms with E-state index in [1.807, 2.05) is 78.0 Å². The lowest BCUT2D eigenvalue weighted by molar-refractivity contribution is -0.689. The molecule has 0 saturated carbocycles. The number of nitrogens with one attached hydrogen (secondary N) is 2. The van der Waals surface area contributed by atoms with Crippen LogP contribution in [0.15, 0.2) is 91.5 Å². The van der Waals surface area contributed by atoms with Gasteiger partial charge in [0, 0.05) is 36.2 Å². The first-order valence-corrected chi connectivity index (χ1v) is 14.6. The zero-order valence-electron chi connectivity index (χ0n) is 25.7. The molecule has 0 aliphatic carbocycles. The second-order valence-corrected chi connectivity index (χ2v) is 11.0. The van der Waals surface area contributed by atoms with Gasteiger partial charge in [0.05, 0.1) is 11.1 Å². The Labute approximate surface area is 298 Å². The third-order valence-corrected chi connectivity index (χ3v) is 7.21. The third kappa shape index (κ3) is 12.0. The maximum Gasteiger partial charge on any atom is 0.488 e. The highest BCUT2D eigenvalue weighted by molar-refractivity contribution is 6.59. The molecule has 47 heavy (non-hydrogen) atoms. The van der Waals surface area contributed by atoms with Crippen LogP contribution in [0.4, 0.5) is 0 Å². The standard InChI is InChI=1S/C32H36B2N4O6.CH4.2BrH/c1-23(2)31(39)35-14-8-15-36-32(40)28-17-27(21-38(22-28)20-26-10-4-6-13-30(26)34(43)44)24-11-7-16-37(18-24)19-25-9-3-5-12-29(25)33(41)42;;;/h3-7,9-13,16-18,21-23,41-44H,8,14-15,19-20H2,1-2H3;1H4;2*1H. The summed E-state index contributed by atoms with van der Waals surface area (Å²) in [6.07, 6.45) is 7.99. The minimum Gasteiger partial charge on any atom is -1.00 e. The molecule has 0 saturated heterocycles. The monoisotopic (exact) mass is 770 g/mol. The molecule has 0 spiro atoms. The molecule has 0 unspecified atom stereocenters. The summed E-state index contributed by atoms with van der Waals surface area (Å²) >= 11 is 0. The van der Waals surface area contributed by atoms with E-state index in [9.17, 15) is 29.7 Å². The molecule has 2 heterocycles.